The number of imide groups is 1. The van der Waals surface area contributed by atoms with Gasteiger partial charge in [0.2, 0.25) is 0 Å². The van der Waals surface area contributed by atoms with Crippen LogP contribution < -0.4 is 11.6 Å². The summed E-state index contributed by atoms with van der Waals surface area (Å²) in [6.45, 7) is 6.47. The zero-order chi connectivity index (χ0) is 17.4. The fraction of sp³-hybridized carbons (Fsp3) is 0.857. The summed E-state index contributed by atoms with van der Waals surface area (Å²) in [5, 5.41) is 10.9. The van der Waals surface area contributed by atoms with Crippen LogP contribution in [0.15, 0.2) is 0 Å². The molecule has 0 spiro atoms. The van der Waals surface area contributed by atoms with Gasteiger partial charge in [0, 0.05) is 19.1 Å². The Balaban J connectivity index is 2.41. The van der Waals surface area contributed by atoms with Crippen LogP contribution in [0.5, 0.6) is 0 Å². The standard InChI is InChI=1S/C14H28N4O4S/c1-10(2)23-8-3-11(15)13(20)14(21)18(16)12(19)9-17-4-6-22-7-5-17/h10-11,13,20H,3-9,15-16H2,1-2H3/t11-,13?/m1/s1. The molecule has 1 saturated heterocycles. The van der Waals surface area contributed by atoms with Gasteiger partial charge in [-0.1, -0.05) is 13.8 Å². The van der Waals surface area contributed by atoms with Gasteiger partial charge in [-0.25, -0.2) is 10.9 Å². The molecule has 0 aromatic heterocycles. The highest BCUT2D eigenvalue weighted by Gasteiger charge is 2.30. The third kappa shape index (κ3) is 7.15. The maximum absolute atomic E-state index is 12.1. The first kappa shape index (κ1) is 20.3. The first-order valence-corrected chi connectivity index (χ1v) is 8.84. The number of aliphatic hydroxyl groups is 1. The SMILES string of the molecule is CC(C)SCC[C@@H](N)C(O)C(=O)N(N)C(=O)CN1CCOCC1. The zero-order valence-corrected chi connectivity index (χ0v) is 14.6. The molecular weight excluding hydrogens is 320 g/mol. The van der Waals surface area contributed by atoms with Gasteiger partial charge in [0.15, 0.2) is 0 Å². The Labute approximate surface area is 141 Å². The second kappa shape index (κ2) is 10.2. The first-order chi connectivity index (χ1) is 10.8. The van der Waals surface area contributed by atoms with Gasteiger partial charge in [0.1, 0.15) is 6.10 Å². The van der Waals surface area contributed by atoms with E-state index < -0.39 is 24.0 Å². The van der Waals surface area contributed by atoms with Crippen molar-refractivity contribution in [2.24, 2.45) is 11.6 Å². The maximum atomic E-state index is 12.1. The zero-order valence-electron chi connectivity index (χ0n) is 13.8. The topological polar surface area (TPSA) is 122 Å². The van der Waals surface area contributed by atoms with Crippen LogP contribution in [0, 0.1) is 0 Å². The van der Waals surface area contributed by atoms with Crippen LogP contribution in [0.4, 0.5) is 0 Å². The van der Waals surface area contributed by atoms with E-state index in [-0.39, 0.29) is 6.54 Å². The summed E-state index contributed by atoms with van der Waals surface area (Å²) < 4.78 is 5.19. The molecule has 9 heteroatoms. The van der Waals surface area contributed by atoms with Gasteiger partial charge in [0.25, 0.3) is 11.8 Å². The number of morpholine rings is 1. The van der Waals surface area contributed by atoms with Crippen LogP contribution in [0.2, 0.25) is 0 Å². The van der Waals surface area contributed by atoms with Crippen LogP contribution in [0.3, 0.4) is 0 Å². The van der Waals surface area contributed by atoms with Gasteiger partial charge in [-0.2, -0.15) is 11.8 Å². The number of hydrogen-bond donors (Lipinski definition) is 3. The molecule has 1 heterocycles. The Morgan fingerprint density at radius 3 is 2.52 bits per heavy atom. The molecule has 1 fully saturated rings. The van der Waals surface area contributed by atoms with Gasteiger partial charge < -0.3 is 15.6 Å². The average molecular weight is 348 g/mol. The van der Waals surface area contributed by atoms with Gasteiger partial charge in [-0.3, -0.25) is 14.5 Å². The van der Waals surface area contributed by atoms with Crippen molar-refractivity contribution in [2.45, 2.75) is 37.7 Å². The van der Waals surface area contributed by atoms with Crippen molar-refractivity contribution in [2.75, 3.05) is 38.6 Å². The Hall–Kier alpha value is -0.710. The van der Waals surface area contributed by atoms with Crippen LogP contribution in [0.1, 0.15) is 20.3 Å². The third-order valence-electron chi connectivity index (χ3n) is 3.53. The number of hydrazine groups is 1. The molecule has 1 aliphatic rings. The highest BCUT2D eigenvalue weighted by atomic mass is 32.2. The minimum atomic E-state index is -1.47. The first-order valence-electron chi connectivity index (χ1n) is 7.79. The largest absolute Gasteiger partial charge is 0.382 e. The van der Waals surface area contributed by atoms with E-state index in [9.17, 15) is 14.7 Å². The van der Waals surface area contributed by atoms with Crippen LogP contribution in [-0.2, 0) is 14.3 Å². The van der Waals surface area contributed by atoms with Crippen molar-refractivity contribution in [3.05, 3.63) is 0 Å². The van der Waals surface area contributed by atoms with Crippen LogP contribution in [0.25, 0.3) is 0 Å². The second-order valence-corrected chi connectivity index (χ2v) is 7.49. The molecule has 1 rings (SSSR count). The molecule has 0 radical (unpaired) electrons. The van der Waals surface area contributed by atoms with E-state index >= 15 is 0 Å². The Bertz CT molecular complexity index is 391. The van der Waals surface area contributed by atoms with E-state index in [4.69, 9.17) is 16.3 Å². The van der Waals surface area contributed by atoms with Crippen molar-refractivity contribution in [3.63, 3.8) is 0 Å². The number of carbonyl (C=O) groups excluding carboxylic acids is 2. The number of amides is 2. The third-order valence-corrected chi connectivity index (χ3v) is 4.67. The summed E-state index contributed by atoms with van der Waals surface area (Å²) >= 11 is 1.69. The van der Waals surface area contributed by atoms with E-state index in [1.165, 1.54) is 0 Å². The normalized spacial score (nSPS) is 18.7. The molecule has 1 unspecified atom stereocenters. The highest BCUT2D eigenvalue weighted by Crippen LogP contribution is 2.12. The summed E-state index contributed by atoms with van der Waals surface area (Å²) in [7, 11) is 0. The molecule has 0 saturated carbocycles. The monoisotopic (exact) mass is 348 g/mol. The molecular formula is C14H28N4O4S. The highest BCUT2D eigenvalue weighted by molar-refractivity contribution is 7.99. The molecule has 0 bridgehead atoms. The van der Waals surface area contributed by atoms with E-state index in [0.29, 0.717) is 43.0 Å². The number of aliphatic hydroxyl groups excluding tert-OH is 1. The molecule has 0 aromatic rings. The summed E-state index contributed by atoms with van der Waals surface area (Å²) in [5.74, 6) is 4.87. The molecule has 1 aliphatic heterocycles. The fourth-order valence-corrected chi connectivity index (χ4v) is 2.95. The number of ether oxygens (including phenoxy) is 1. The molecule has 2 amide bonds. The van der Waals surface area contributed by atoms with Crippen molar-refractivity contribution >= 4 is 23.6 Å². The maximum Gasteiger partial charge on any atom is 0.274 e. The summed E-state index contributed by atoms with van der Waals surface area (Å²) in [6, 6.07) is -0.740. The minimum Gasteiger partial charge on any atom is -0.382 e. The second-order valence-electron chi connectivity index (χ2n) is 5.81. The van der Waals surface area contributed by atoms with Gasteiger partial charge in [-0.15, -0.1) is 0 Å². The van der Waals surface area contributed by atoms with Crippen molar-refractivity contribution < 1.29 is 19.4 Å². The number of thioether (sulfide) groups is 1. The van der Waals surface area contributed by atoms with Crippen molar-refractivity contribution in [3.8, 4) is 0 Å². The smallest absolute Gasteiger partial charge is 0.274 e. The van der Waals surface area contributed by atoms with E-state index in [0.717, 1.165) is 5.75 Å². The minimum absolute atomic E-state index is 0.0246. The molecule has 0 aliphatic carbocycles. The number of rotatable bonds is 8. The Kier molecular flexibility index (Phi) is 9.03. The predicted molar refractivity (Wildman–Crippen MR) is 89.5 cm³/mol. The lowest BCUT2D eigenvalue weighted by atomic mass is 10.1. The number of nitrogens with zero attached hydrogens (tertiary/aromatic N) is 2. The molecule has 0 aromatic carbocycles. The van der Waals surface area contributed by atoms with Crippen molar-refractivity contribution in [1.29, 1.82) is 0 Å². The number of carbonyl (C=O) groups is 2. The molecule has 5 N–H and O–H groups in total. The van der Waals surface area contributed by atoms with Crippen molar-refractivity contribution in [1.82, 2.24) is 9.91 Å². The van der Waals surface area contributed by atoms with Gasteiger partial charge >= 0.3 is 0 Å². The Morgan fingerprint density at radius 1 is 1.35 bits per heavy atom. The average Bonchev–Trinajstić information content (AvgIpc) is 2.53. The van der Waals surface area contributed by atoms with Gasteiger partial charge in [0.05, 0.1) is 19.8 Å². The lowest BCUT2D eigenvalue weighted by Crippen LogP contribution is -2.56. The number of hydrogen-bond acceptors (Lipinski definition) is 8. The molecule has 2 atom stereocenters. The lowest BCUT2D eigenvalue weighted by Gasteiger charge is -2.28. The molecule has 8 nitrogen and oxygen atoms in total. The predicted octanol–water partition coefficient (Wildman–Crippen LogP) is -1.23. The van der Waals surface area contributed by atoms with Crippen LogP contribution >= 0.6 is 11.8 Å². The van der Waals surface area contributed by atoms with Gasteiger partial charge in [-0.05, 0) is 17.4 Å². The lowest BCUT2D eigenvalue weighted by molar-refractivity contribution is -0.152. The van der Waals surface area contributed by atoms with Crippen LogP contribution in [-0.4, -0.2) is 82.8 Å². The number of nitrogens with two attached hydrogens (primary N) is 2. The summed E-state index contributed by atoms with van der Waals surface area (Å²) in [6.07, 6.45) is -0.997. The quantitative estimate of drug-likeness (QED) is 0.283. The summed E-state index contributed by atoms with van der Waals surface area (Å²) in [4.78, 5) is 25.9. The fourth-order valence-electron chi connectivity index (χ4n) is 2.07. The molecule has 23 heavy (non-hydrogen) atoms. The summed E-state index contributed by atoms with van der Waals surface area (Å²) in [5.41, 5.74) is 5.82. The molecule has 134 valence electrons. The van der Waals surface area contributed by atoms with E-state index in [1.54, 1.807) is 11.8 Å². The van der Waals surface area contributed by atoms with E-state index in [2.05, 4.69) is 13.8 Å². The van der Waals surface area contributed by atoms with E-state index in [1.807, 2.05) is 4.90 Å². The Morgan fingerprint density at radius 2 is 1.96 bits per heavy atom.